The van der Waals surface area contributed by atoms with Gasteiger partial charge in [0.05, 0.1) is 0 Å². The number of rotatable bonds is 2. The van der Waals surface area contributed by atoms with E-state index in [-0.39, 0.29) is 22.9 Å². The van der Waals surface area contributed by atoms with Crippen molar-refractivity contribution in [2.24, 2.45) is 0 Å². The Kier molecular flexibility index (Phi) is 3.81. The number of aromatic nitrogens is 1. The summed E-state index contributed by atoms with van der Waals surface area (Å²) in [4.78, 5) is 28.6. The predicted octanol–water partition coefficient (Wildman–Crippen LogP) is 0.934. The normalized spacial score (nSPS) is 16.6. The van der Waals surface area contributed by atoms with Gasteiger partial charge in [0.15, 0.2) is 5.43 Å². The third kappa shape index (κ3) is 2.61. The lowest BCUT2D eigenvalue weighted by Crippen LogP contribution is -2.42. The maximum atomic E-state index is 12.2. The summed E-state index contributed by atoms with van der Waals surface area (Å²) in [6, 6.07) is 1.61. The molecule has 5 heteroatoms. The lowest BCUT2D eigenvalue weighted by Gasteiger charge is -2.31. The zero-order valence-electron chi connectivity index (χ0n) is 10.7. The summed E-state index contributed by atoms with van der Waals surface area (Å²) < 4.78 is 5.27. The number of pyridine rings is 1. The summed E-state index contributed by atoms with van der Waals surface area (Å²) in [6.07, 6.45) is 3.15. The molecule has 1 amide bonds. The van der Waals surface area contributed by atoms with Gasteiger partial charge in [0.2, 0.25) is 0 Å². The number of aryl methyl sites for hydroxylation is 1. The number of hydrogen-bond acceptors (Lipinski definition) is 3. The van der Waals surface area contributed by atoms with Crippen LogP contribution in [-0.2, 0) is 4.74 Å². The molecule has 0 atom stereocenters. The third-order valence-electron chi connectivity index (χ3n) is 3.35. The first kappa shape index (κ1) is 12.8. The molecule has 1 N–H and O–H groups in total. The van der Waals surface area contributed by atoms with Gasteiger partial charge in [-0.15, -0.1) is 0 Å². The Morgan fingerprint density at radius 3 is 2.72 bits per heavy atom. The molecule has 1 aliphatic rings. The van der Waals surface area contributed by atoms with Crippen LogP contribution >= 0.6 is 0 Å². The number of nitrogens with zero attached hydrogens (tertiary/aromatic N) is 1. The Hall–Kier alpha value is -1.62. The highest BCUT2D eigenvalue weighted by atomic mass is 16.5. The van der Waals surface area contributed by atoms with Crippen LogP contribution in [0.15, 0.2) is 17.1 Å². The van der Waals surface area contributed by atoms with E-state index in [1.165, 1.54) is 12.3 Å². The number of ether oxygens (including phenoxy) is 1. The van der Waals surface area contributed by atoms with E-state index in [1.54, 1.807) is 18.9 Å². The monoisotopic (exact) mass is 250 g/mol. The van der Waals surface area contributed by atoms with E-state index in [1.807, 2.05) is 0 Å². The fourth-order valence-electron chi connectivity index (χ4n) is 2.17. The number of carbonyl (C=O) groups is 1. The Labute approximate surface area is 106 Å². The van der Waals surface area contributed by atoms with Crippen molar-refractivity contribution in [2.75, 3.05) is 20.3 Å². The first-order valence-corrected chi connectivity index (χ1v) is 6.14. The number of amides is 1. The second-order valence-electron chi connectivity index (χ2n) is 4.65. The van der Waals surface area contributed by atoms with Gasteiger partial charge in [0, 0.05) is 44.3 Å². The zero-order valence-corrected chi connectivity index (χ0v) is 10.7. The van der Waals surface area contributed by atoms with Crippen molar-refractivity contribution in [2.45, 2.75) is 25.8 Å². The second-order valence-corrected chi connectivity index (χ2v) is 4.65. The van der Waals surface area contributed by atoms with Crippen molar-refractivity contribution in [1.82, 2.24) is 9.88 Å². The van der Waals surface area contributed by atoms with Gasteiger partial charge in [-0.2, -0.15) is 0 Å². The minimum Gasteiger partial charge on any atom is -0.381 e. The van der Waals surface area contributed by atoms with Crippen molar-refractivity contribution in [3.63, 3.8) is 0 Å². The van der Waals surface area contributed by atoms with E-state index in [4.69, 9.17) is 4.74 Å². The SMILES string of the molecule is Cc1cc(=O)c(C(=O)N(C)C2CCOCC2)c[nH]1. The van der Waals surface area contributed by atoms with Gasteiger partial charge >= 0.3 is 0 Å². The van der Waals surface area contributed by atoms with Gasteiger partial charge in [-0.3, -0.25) is 9.59 Å². The number of aromatic amines is 1. The lowest BCUT2D eigenvalue weighted by molar-refractivity contribution is 0.0361. The van der Waals surface area contributed by atoms with Crippen LogP contribution in [0.1, 0.15) is 28.9 Å². The summed E-state index contributed by atoms with van der Waals surface area (Å²) in [7, 11) is 1.75. The van der Waals surface area contributed by atoms with Crippen LogP contribution in [0, 0.1) is 6.92 Å². The highest BCUT2D eigenvalue weighted by Crippen LogP contribution is 2.14. The Morgan fingerprint density at radius 2 is 2.11 bits per heavy atom. The van der Waals surface area contributed by atoms with Gasteiger partial charge in [-0.05, 0) is 19.8 Å². The molecule has 18 heavy (non-hydrogen) atoms. The number of hydrogen-bond donors (Lipinski definition) is 1. The molecule has 2 heterocycles. The van der Waals surface area contributed by atoms with Crippen molar-refractivity contribution >= 4 is 5.91 Å². The van der Waals surface area contributed by atoms with Gasteiger partial charge in [0.25, 0.3) is 5.91 Å². The van der Waals surface area contributed by atoms with Crippen LogP contribution in [0.4, 0.5) is 0 Å². The van der Waals surface area contributed by atoms with E-state index < -0.39 is 0 Å². The van der Waals surface area contributed by atoms with Crippen molar-refractivity contribution < 1.29 is 9.53 Å². The van der Waals surface area contributed by atoms with Gasteiger partial charge in [0.1, 0.15) is 5.56 Å². The summed E-state index contributed by atoms with van der Waals surface area (Å²) in [5.41, 5.74) is 0.732. The minimum atomic E-state index is -0.227. The molecule has 0 bridgehead atoms. The minimum absolute atomic E-state index is 0.159. The molecule has 0 spiro atoms. The van der Waals surface area contributed by atoms with E-state index in [0.717, 1.165) is 18.5 Å². The molecule has 1 aromatic heterocycles. The van der Waals surface area contributed by atoms with Crippen LogP contribution in [0.25, 0.3) is 0 Å². The largest absolute Gasteiger partial charge is 0.381 e. The Bertz CT molecular complexity index is 489. The highest BCUT2D eigenvalue weighted by Gasteiger charge is 2.24. The Balaban J connectivity index is 2.17. The quantitative estimate of drug-likeness (QED) is 0.849. The van der Waals surface area contributed by atoms with Crippen molar-refractivity contribution in [1.29, 1.82) is 0 Å². The maximum Gasteiger partial charge on any atom is 0.259 e. The van der Waals surface area contributed by atoms with Crippen LogP contribution in [0.5, 0.6) is 0 Å². The van der Waals surface area contributed by atoms with E-state index in [2.05, 4.69) is 4.98 Å². The summed E-state index contributed by atoms with van der Waals surface area (Å²) in [5, 5.41) is 0. The van der Waals surface area contributed by atoms with E-state index >= 15 is 0 Å². The number of nitrogens with one attached hydrogen (secondary N) is 1. The standard InChI is InChI=1S/C13H18N2O3/c1-9-7-12(16)11(8-14-9)13(17)15(2)10-3-5-18-6-4-10/h7-8,10H,3-6H2,1-2H3,(H,14,16). The molecule has 1 aromatic rings. The molecule has 5 nitrogen and oxygen atoms in total. The zero-order chi connectivity index (χ0) is 13.1. The molecule has 0 aliphatic carbocycles. The van der Waals surface area contributed by atoms with Gasteiger partial charge in [-0.25, -0.2) is 0 Å². The van der Waals surface area contributed by atoms with E-state index in [0.29, 0.717) is 13.2 Å². The smallest absolute Gasteiger partial charge is 0.259 e. The maximum absolute atomic E-state index is 12.2. The van der Waals surface area contributed by atoms with Crippen molar-refractivity contribution in [3.05, 3.63) is 33.7 Å². The average molecular weight is 250 g/mol. The highest BCUT2D eigenvalue weighted by molar-refractivity contribution is 5.93. The van der Waals surface area contributed by atoms with Gasteiger partial charge in [-0.1, -0.05) is 0 Å². The molecule has 1 fully saturated rings. The molecule has 2 rings (SSSR count). The topological polar surface area (TPSA) is 62.4 Å². The predicted molar refractivity (Wildman–Crippen MR) is 67.7 cm³/mol. The molecule has 0 aromatic carbocycles. The lowest BCUT2D eigenvalue weighted by atomic mass is 10.1. The molecule has 98 valence electrons. The molecule has 0 unspecified atom stereocenters. The molecule has 0 radical (unpaired) electrons. The van der Waals surface area contributed by atoms with Crippen LogP contribution in [0.2, 0.25) is 0 Å². The van der Waals surface area contributed by atoms with Crippen molar-refractivity contribution in [3.8, 4) is 0 Å². The summed E-state index contributed by atoms with van der Waals surface area (Å²) in [6.45, 7) is 3.14. The summed E-state index contributed by atoms with van der Waals surface area (Å²) >= 11 is 0. The second kappa shape index (κ2) is 5.35. The number of H-pyrrole nitrogens is 1. The fourth-order valence-corrected chi connectivity index (χ4v) is 2.17. The third-order valence-corrected chi connectivity index (χ3v) is 3.35. The molecular weight excluding hydrogens is 232 g/mol. The molecule has 1 saturated heterocycles. The van der Waals surface area contributed by atoms with Gasteiger partial charge < -0.3 is 14.6 Å². The molecule has 1 aliphatic heterocycles. The average Bonchev–Trinajstić information content (AvgIpc) is 2.38. The van der Waals surface area contributed by atoms with Crippen LogP contribution in [0.3, 0.4) is 0 Å². The van der Waals surface area contributed by atoms with E-state index in [9.17, 15) is 9.59 Å². The fraction of sp³-hybridized carbons (Fsp3) is 0.538. The Morgan fingerprint density at radius 1 is 1.44 bits per heavy atom. The molecule has 0 saturated carbocycles. The first-order valence-electron chi connectivity index (χ1n) is 6.14. The molecular formula is C13H18N2O3. The van der Waals surface area contributed by atoms with Crippen LogP contribution < -0.4 is 5.43 Å². The van der Waals surface area contributed by atoms with Crippen LogP contribution in [-0.4, -0.2) is 42.1 Å². The summed E-state index contributed by atoms with van der Waals surface area (Å²) in [5.74, 6) is -0.219. The first-order chi connectivity index (χ1) is 8.59. The number of carbonyl (C=O) groups excluding carboxylic acids is 1.